The van der Waals surface area contributed by atoms with Gasteiger partial charge in [-0.2, -0.15) is 0 Å². The summed E-state index contributed by atoms with van der Waals surface area (Å²) in [6.45, 7) is 3.40. The van der Waals surface area contributed by atoms with Gasteiger partial charge in [0.1, 0.15) is 11.6 Å². The van der Waals surface area contributed by atoms with Gasteiger partial charge in [0.05, 0.1) is 41.6 Å². The van der Waals surface area contributed by atoms with Gasteiger partial charge in [0.2, 0.25) is 0 Å². The minimum atomic E-state index is -3.49. The number of sulfone groups is 1. The number of pyridine rings is 3. The van der Waals surface area contributed by atoms with Crippen molar-refractivity contribution >= 4 is 38.3 Å². The number of hydrogen-bond acceptors (Lipinski definition) is 8. The number of carbonyl (C=O) groups is 1. The van der Waals surface area contributed by atoms with E-state index in [4.69, 9.17) is 9.72 Å². The van der Waals surface area contributed by atoms with Crippen molar-refractivity contribution in [3.63, 3.8) is 0 Å². The van der Waals surface area contributed by atoms with E-state index in [0.29, 0.717) is 11.3 Å². The van der Waals surface area contributed by atoms with Crippen molar-refractivity contribution in [2.75, 3.05) is 23.8 Å². The Bertz CT molecular complexity index is 1650. The van der Waals surface area contributed by atoms with Crippen LogP contribution < -0.4 is 10.2 Å². The molecule has 188 valence electrons. The lowest BCUT2D eigenvalue weighted by Crippen LogP contribution is -2.24. The first-order valence-electron chi connectivity index (χ1n) is 12.1. The SMILES string of the molecule is Cc1cnc2c(c1)CCN2c1ccc2cnc(CNC(=O)c3ccc4c(c3)S(=O)(=O)CCOC4)cc2n1. The third kappa shape index (κ3) is 4.54. The maximum Gasteiger partial charge on any atom is 0.251 e. The van der Waals surface area contributed by atoms with Crippen LogP contribution in [0.3, 0.4) is 0 Å². The number of ether oxygens (including phenoxy) is 1. The van der Waals surface area contributed by atoms with Crippen LogP contribution in [0.2, 0.25) is 0 Å². The molecule has 0 bridgehead atoms. The molecule has 0 saturated carbocycles. The van der Waals surface area contributed by atoms with E-state index < -0.39 is 9.84 Å². The number of fused-ring (bicyclic) bond motifs is 3. The topological polar surface area (TPSA) is 114 Å². The van der Waals surface area contributed by atoms with Crippen molar-refractivity contribution in [1.82, 2.24) is 20.3 Å². The van der Waals surface area contributed by atoms with E-state index in [-0.39, 0.29) is 41.9 Å². The molecule has 0 atom stereocenters. The molecule has 6 rings (SSSR count). The summed E-state index contributed by atoms with van der Waals surface area (Å²) in [6.07, 6.45) is 4.53. The predicted molar refractivity (Wildman–Crippen MR) is 139 cm³/mol. The summed E-state index contributed by atoms with van der Waals surface area (Å²) in [4.78, 5) is 29.0. The van der Waals surface area contributed by atoms with E-state index in [2.05, 4.69) is 26.3 Å². The number of benzene rings is 1. The summed E-state index contributed by atoms with van der Waals surface area (Å²) >= 11 is 0. The fourth-order valence-electron chi connectivity index (χ4n) is 4.74. The standard InChI is InChI=1S/C27H25N5O4S/c1-17-10-18-6-7-32(26(18)29-13-17)25-5-4-20-14-28-22(12-23(20)31-25)15-30-27(33)19-2-3-21-16-36-8-9-37(34,35)24(21)11-19/h2-5,10-14H,6-9,15-16H2,1H3,(H,30,33). The van der Waals surface area contributed by atoms with E-state index >= 15 is 0 Å². The molecule has 5 heterocycles. The average Bonchev–Trinajstić information content (AvgIpc) is 3.25. The second-order valence-electron chi connectivity index (χ2n) is 9.31. The normalized spacial score (nSPS) is 16.2. The van der Waals surface area contributed by atoms with Crippen molar-refractivity contribution in [2.45, 2.75) is 31.4 Å². The van der Waals surface area contributed by atoms with Crippen molar-refractivity contribution in [3.8, 4) is 0 Å². The average molecular weight is 516 g/mol. The van der Waals surface area contributed by atoms with Gasteiger partial charge in [-0.05, 0) is 60.4 Å². The molecule has 2 aliphatic heterocycles. The highest BCUT2D eigenvalue weighted by Gasteiger charge is 2.24. The number of nitrogens with one attached hydrogen (secondary N) is 1. The second kappa shape index (κ2) is 9.20. The fourth-order valence-corrected chi connectivity index (χ4v) is 6.13. The molecule has 0 fully saturated rings. The van der Waals surface area contributed by atoms with Crippen molar-refractivity contribution in [3.05, 3.63) is 82.8 Å². The number of amides is 1. The van der Waals surface area contributed by atoms with E-state index in [1.165, 1.54) is 11.6 Å². The van der Waals surface area contributed by atoms with Crippen molar-refractivity contribution in [2.24, 2.45) is 0 Å². The van der Waals surface area contributed by atoms with Crippen molar-refractivity contribution < 1.29 is 17.9 Å². The monoisotopic (exact) mass is 515 g/mol. The summed E-state index contributed by atoms with van der Waals surface area (Å²) in [6, 6.07) is 12.7. The number of hydrogen-bond donors (Lipinski definition) is 1. The molecular weight excluding hydrogens is 490 g/mol. The summed E-state index contributed by atoms with van der Waals surface area (Å²) in [7, 11) is -3.49. The van der Waals surface area contributed by atoms with Gasteiger partial charge >= 0.3 is 0 Å². The number of aromatic nitrogens is 3. The molecule has 0 radical (unpaired) electrons. The number of rotatable bonds is 4. The van der Waals surface area contributed by atoms with Gasteiger partial charge < -0.3 is 15.0 Å². The molecule has 1 aromatic carbocycles. The van der Waals surface area contributed by atoms with Gasteiger partial charge in [-0.3, -0.25) is 9.78 Å². The highest BCUT2D eigenvalue weighted by Crippen LogP contribution is 2.32. The van der Waals surface area contributed by atoms with Gasteiger partial charge in [-0.1, -0.05) is 12.1 Å². The lowest BCUT2D eigenvalue weighted by atomic mass is 10.1. The Labute approximate surface area is 214 Å². The summed E-state index contributed by atoms with van der Waals surface area (Å²) in [5.74, 6) is 1.29. The van der Waals surface area contributed by atoms with Gasteiger partial charge in [-0.15, -0.1) is 0 Å². The lowest BCUT2D eigenvalue weighted by Gasteiger charge is -2.18. The number of carbonyl (C=O) groups excluding carboxylic acids is 1. The van der Waals surface area contributed by atoms with E-state index in [1.54, 1.807) is 18.3 Å². The van der Waals surface area contributed by atoms with Gasteiger partial charge in [0.15, 0.2) is 9.84 Å². The van der Waals surface area contributed by atoms with Crippen LogP contribution in [0.1, 0.15) is 32.7 Å². The summed E-state index contributed by atoms with van der Waals surface area (Å²) in [5.41, 5.74) is 4.63. The second-order valence-corrected chi connectivity index (χ2v) is 11.4. The first-order valence-corrected chi connectivity index (χ1v) is 13.7. The first-order chi connectivity index (χ1) is 17.9. The molecule has 3 aromatic heterocycles. The summed E-state index contributed by atoms with van der Waals surface area (Å²) < 4.78 is 30.4. The molecule has 2 aliphatic rings. The molecule has 37 heavy (non-hydrogen) atoms. The molecule has 0 unspecified atom stereocenters. The van der Waals surface area contributed by atoms with Crippen LogP contribution in [0.15, 0.2) is 59.8 Å². The van der Waals surface area contributed by atoms with Gasteiger partial charge in [0.25, 0.3) is 5.91 Å². The Morgan fingerprint density at radius 3 is 2.86 bits per heavy atom. The molecule has 0 saturated heterocycles. The van der Waals surface area contributed by atoms with Crippen molar-refractivity contribution in [1.29, 1.82) is 0 Å². The van der Waals surface area contributed by atoms with Crippen LogP contribution in [0.5, 0.6) is 0 Å². The predicted octanol–water partition coefficient (Wildman–Crippen LogP) is 3.26. The molecule has 1 N–H and O–H groups in total. The van der Waals surface area contributed by atoms with E-state index in [1.807, 2.05) is 31.3 Å². The summed E-state index contributed by atoms with van der Waals surface area (Å²) in [5, 5.41) is 3.74. The molecule has 10 heteroatoms. The molecular formula is C27H25N5O4S. The molecule has 1 amide bonds. The van der Waals surface area contributed by atoms with Crippen LogP contribution in [-0.2, 0) is 34.1 Å². The maximum atomic E-state index is 12.8. The minimum Gasteiger partial charge on any atom is -0.376 e. The quantitative estimate of drug-likeness (QED) is 0.441. The third-order valence-corrected chi connectivity index (χ3v) is 8.43. The first kappa shape index (κ1) is 23.5. The number of anilines is 2. The molecule has 9 nitrogen and oxygen atoms in total. The molecule has 4 aromatic rings. The smallest absolute Gasteiger partial charge is 0.251 e. The zero-order valence-corrected chi connectivity index (χ0v) is 21.1. The highest BCUT2D eigenvalue weighted by atomic mass is 32.2. The van der Waals surface area contributed by atoms with E-state index in [9.17, 15) is 13.2 Å². The van der Waals surface area contributed by atoms with Gasteiger partial charge in [0, 0.05) is 29.9 Å². The van der Waals surface area contributed by atoms with Crippen LogP contribution >= 0.6 is 0 Å². The zero-order valence-electron chi connectivity index (χ0n) is 20.3. The Kier molecular flexibility index (Phi) is 5.85. The Morgan fingerprint density at radius 1 is 1.08 bits per heavy atom. The minimum absolute atomic E-state index is 0.0974. The highest BCUT2D eigenvalue weighted by molar-refractivity contribution is 7.91. The van der Waals surface area contributed by atoms with Crippen LogP contribution in [0.4, 0.5) is 11.6 Å². The van der Waals surface area contributed by atoms with Crippen LogP contribution in [0, 0.1) is 6.92 Å². The number of nitrogens with zero attached hydrogens (tertiary/aromatic N) is 4. The largest absolute Gasteiger partial charge is 0.376 e. The van der Waals surface area contributed by atoms with Crippen LogP contribution in [-0.4, -0.2) is 48.2 Å². The molecule has 0 spiro atoms. The lowest BCUT2D eigenvalue weighted by molar-refractivity contribution is 0.0950. The maximum absolute atomic E-state index is 12.8. The van der Waals surface area contributed by atoms with Crippen LogP contribution in [0.25, 0.3) is 10.9 Å². The third-order valence-electron chi connectivity index (χ3n) is 6.68. The van der Waals surface area contributed by atoms with Gasteiger partial charge in [-0.25, -0.2) is 18.4 Å². The Morgan fingerprint density at radius 2 is 1.97 bits per heavy atom. The van der Waals surface area contributed by atoms with E-state index in [0.717, 1.165) is 41.1 Å². The Hall–Kier alpha value is -3.89. The zero-order chi connectivity index (χ0) is 25.6. The molecule has 0 aliphatic carbocycles. The Balaban J connectivity index is 1.21. The fraction of sp³-hybridized carbons (Fsp3) is 0.259. The number of aryl methyl sites for hydroxylation is 1.